The minimum atomic E-state index is 0.178. The van der Waals surface area contributed by atoms with Crippen molar-refractivity contribution in [2.45, 2.75) is 25.8 Å². The minimum absolute atomic E-state index is 0.178. The fourth-order valence-corrected chi connectivity index (χ4v) is 2.25. The molecule has 3 rings (SSSR count). The Hall–Kier alpha value is -2.24. The zero-order chi connectivity index (χ0) is 13.8. The van der Waals surface area contributed by atoms with Crippen molar-refractivity contribution >= 4 is 5.91 Å². The van der Waals surface area contributed by atoms with Gasteiger partial charge >= 0.3 is 0 Å². The highest BCUT2D eigenvalue weighted by molar-refractivity contribution is 5.79. The zero-order valence-electron chi connectivity index (χ0n) is 11.2. The second-order valence-corrected chi connectivity index (χ2v) is 4.95. The predicted octanol–water partition coefficient (Wildman–Crippen LogP) is 1.26. The molecule has 0 unspecified atom stereocenters. The summed E-state index contributed by atoms with van der Waals surface area (Å²) in [6.45, 7) is 1.29. The second kappa shape index (κ2) is 5.81. The summed E-state index contributed by atoms with van der Waals surface area (Å²) in [6.07, 6.45) is 11.8. The van der Waals surface area contributed by atoms with Crippen molar-refractivity contribution in [1.29, 1.82) is 0 Å². The largest absolute Gasteiger partial charge is 0.354 e. The van der Waals surface area contributed by atoms with E-state index in [1.54, 1.807) is 24.8 Å². The van der Waals surface area contributed by atoms with Crippen molar-refractivity contribution in [2.75, 3.05) is 6.54 Å². The maximum atomic E-state index is 11.8. The first kappa shape index (κ1) is 12.8. The molecule has 1 N–H and O–H groups in total. The molecule has 1 saturated carbocycles. The summed E-state index contributed by atoms with van der Waals surface area (Å²) in [5.74, 6) is 1.19. The van der Waals surface area contributed by atoms with Gasteiger partial charge in [0.05, 0.1) is 6.20 Å². The number of hydrogen-bond acceptors (Lipinski definition) is 4. The van der Waals surface area contributed by atoms with Gasteiger partial charge in [-0.25, -0.2) is 9.97 Å². The highest BCUT2D eigenvalue weighted by Crippen LogP contribution is 2.26. The molecule has 2 aromatic heterocycles. The van der Waals surface area contributed by atoms with Crippen LogP contribution in [0, 0.1) is 5.92 Å². The van der Waals surface area contributed by atoms with Crippen LogP contribution in [0.2, 0.25) is 0 Å². The first-order chi connectivity index (χ1) is 9.84. The van der Waals surface area contributed by atoms with Crippen LogP contribution in [-0.4, -0.2) is 32.0 Å². The summed E-state index contributed by atoms with van der Waals surface area (Å²) >= 11 is 0. The number of aromatic nitrogens is 4. The molecule has 0 atom stereocenters. The van der Waals surface area contributed by atoms with Gasteiger partial charge in [-0.3, -0.25) is 9.78 Å². The molecule has 104 valence electrons. The zero-order valence-corrected chi connectivity index (χ0v) is 11.2. The number of nitrogens with one attached hydrogen (secondary N) is 1. The Labute approximate surface area is 117 Å². The number of nitrogens with zero attached hydrogens (tertiary/aromatic N) is 4. The number of hydrogen-bond donors (Lipinski definition) is 1. The monoisotopic (exact) mass is 271 g/mol. The lowest BCUT2D eigenvalue weighted by molar-refractivity contribution is -0.127. The fourth-order valence-electron chi connectivity index (χ4n) is 2.25. The lowest BCUT2D eigenvalue weighted by Crippen LogP contribution is -2.36. The summed E-state index contributed by atoms with van der Waals surface area (Å²) in [5, 5.41) is 2.98. The van der Waals surface area contributed by atoms with E-state index >= 15 is 0 Å². The van der Waals surface area contributed by atoms with Crippen LogP contribution in [0.3, 0.4) is 0 Å². The minimum Gasteiger partial charge on any atom is -0.354 e. The van der Waals surface area contributed by atoms with E-state index in [1.165, 1.54) is 6.42 Å². The van der Waals surface area contributed by atoms with Crippen LogP contribution in [0.15, 0.2) is 31.0 Å². The quantitative estimate of drug-likeness (QED) is 0.888. The molecule has 0 radical (unpaired) electrons. The highest BCUT2D eigenvalue weighted by Gasteiger charge is 2.24. The molecular weight excluding hydrogens is 254 g/mol. The summed E-state index contributed by atoms with van der Waals surface area (Å²) in [6, 6.07) is 0. The average molecular weight is 271 g/mol. The summed E-state index contributed by atoms with van der Waals surface area (Å²) in [5.41, 5.74) is 0.739. The standard InChI is InChI=1S/C14H17N5O/c20-14(11-2-1-3-11)18-7-9-19-8-6-17-13(19)12-10-15-4-5-16-12/h4-6,8,10-11H,1-3,7,9H2,(H,18,20). The van der Waals surface area contributed by atoms with Gasteiger partial charge in [-0.15, -0.1) is 0 Å². The molecule has 20 heavy (non-hydrogen) atoms. The first-order valence-electron chi connectivity index (χ1n) is 6.90. The Balaban J connectivity index is 1.58. The second-order valence-electron chi connectivity index (χ2n) is 4.95. The molecule has 2 heterocycles. The predicted molar refractivity (Wildman–Crippen MR) is 73.6 cm³/mol. The Kier molecular flexibility index (Phi) is 3.71. The van der Waals surface area contributed by atoms with E-state index in [4.69, 9.17) is 0 Å². The van der Waals surface area contributed by atoms with Gasteiger partial charge in [0.2, 0.25) is 5.91 Å². The third-order valence-electron chi connectivity index (χ3n) is 3.64. The van der Waals surface area contributed by atoms with E-state index in [1.807, 2.05) is 10.8 Å². The summed E-state index contributed by atoms with van der Waals surface area (Å²) < 4.78 is 1.98. The Morgan fingerprint density at radius 1 is 1.30 bits per heavy atom. The molecule has 0 saturated heterocycles. The van der Waals surface area contributed by atoms with Crippen LogP contribution in [0.5, 0.6) is 0 Å². The maximum absolute atomic E-state index is 11.8. The van der Waals surface area contributed by atoms with Crippen molar-refractivity contribution in [3.05, 3.63) is 31.0 Å². The van der Waals surface area contributed by atoms with Gasteiger partial charge in [0, 0.05) is 43.8 Å². The van der Waals surface area contributed by atoms with E-state index in [0.717, 1.165) is 24.4 Å². The Morgan fingerprint density at radius 2 is 2.20 bits per heavy atom. The number of amides is 1. The Bertz CT molecular complexity index is 576. The first-order valence-corrected chi connectivity index (χ1v) is 6.90. The van der Waals surface area contributed by atoms with Crippen molar-refractivity contribution in [3.63, 3.8) is 0 Å². The highest BCUT2D eigenvalue weighted by atomic mass is 16.1. The maximum Gasteiger partial charge on any atom is 0.223 e. The molecule has 6 nitrogen and oxygen atoms in total. The molecular formula is C14H17N5O. The van der Waals surface area contributed by atoms with Crippen LogP contribution in [0.1, 0.15) is 19.3 Å². The SMILES string of the molecule is O=C(NCCn1ccnc1-c1cnccn1)C1CCC1. The van der Waals surface area contributed by atoms with Gasteiger partial charge in [0.15, 0.2) is 5.82 Å². The van der Waals surface area contributed by atoms with Crippen molar-refractivity contribution < 1.29 is 4.79 Å². The van der Waals surface area contributed by atoms with E-state index < -0.39 is 0 Å². The average Bonchev–Trinajstić information content (AvgIpc) is 2.86. The van der Waals surface area contributed by atoms with Gasteiger partial charge in [-0.05, 0) is 12.8 Å². The van der Waals surface area contributed by atoms with Gasteiger partial charge in [0.25, 0.3) is 0 Å². The molecule has 1 aliphatic carbocycles. The molecule has 0 spiro atoms. The van der Waals surface area contributed by atoms with E-state index in [9.17, 15) is 4.79 Å². The van der Waals surface area contributed by atoms with Crippen molar-refractivity contribution in [3.8, 4) is 11.5 Å². The van der Waals surface area contributed by atoms with Crippen LogP contribution in [0.25, 0.3) is 11.5 Å². The summed E-state index contributed by atoms with van der Waals surface area (Å²) in [7, 11) is 0. The van der Waals surface area contributed by atoms with Crippen molar-refractivity contribution in [1.82, 2.24) is 24.8 Å². The summed E-state index contributed by atoms with van der Waals surface area (Å²) in [4.78, 5) is 24.3. The Morgan fingerprint density at radius 3 is 2.90 bits per heavy atom. The van der Waals surface area contributed by atoms with Gasteiger partial charge in [-0.1, -0.05) is 6.42 Å². The molecule has 1 fully saturated rings. The number of carbonyl (C=O) groups excluding carboxylic acids is 1. The smallest absolute Gasteiger partial charge is 0.223 e. The van der Waals surface area contributed by atoms with E-state index in [-0.39, 0.29) is 11.8 Å². The normalized spacial score (nSPS) is 14.8. The van der Waals surface area contributed by atoms with Crippen molar-refractivity contribution in [2.24, 2.45) is 5.92 Å². The fraction of sp³-hybridized carbons (Fsp3) is 0.429. The van der Waals surface area contributed by atoms with Gasteiger partial charge in [0.1, 0.15) is 5.69 Å². The molecule has 2 aromatic rings. The molecule has 0 aliphatic heterocycles. The van der Waals surface area contributed by atoms with E-state index in [2.05, 4.69) is 20.3 Å². The molecule has 1 amide bonds. The van der Waals surface area contributed by atoms with Crippen LogP contribution < -0.4 is 5.32 Å². The molecule has 6 heteroatoms. The van der Waals surface area contributed by atoms with Gasteiger partial charge < -0.3 is 9.88 Å². The van der Waals surface area contributed by atoms with Crippen LogP contribution >= 0.6 is 0 Å². The number of rotatable bonds is 5. The molecule has 0 bridgehead atoms. The molecule has 1 aliphatic rings. The lowest BCUT2D eigenvalue weighted by atomic mass is 9.85. The number of imidazole rings is 1. The number of carbonyl (C=O) groups is 1. The third-order valence-corrected chi connectivity index (χ3v) is 3.64. The van der Waals surface area contributed by atoms with Crippen LogP contribution in [-0.2, 0) is 11.3 Å². The lowest BCUT2D eigenvalue weighted by Gasteiger charge is -2.24. The van der Waals surface area contributed by atoms with Crippen LogP contribution in [0.4, 0.5) is 0 Å². The molecule has 0 aromatic carbocycles. The van der Waals surface area contributed by atoms with E-state index in [0.29, 0.717) is 13.1 Å². The topological polar surface area (TPSA) is 72.7 Å². The third kappa shape index (κ3) is 2.68. The van der Waals surface area contributed by atoms with Gasteiger partial charge in [-0.2, -0.15) is 0 Å².